The summed E-state index contributed by atoms with van der Waals surface area (Å²) in [5, 5.41) is 33.0. The van der Waals surface area contributed by atoms with Gasteiger partial charge < -0.3 is 30.4 Å². The van der Waals surface area contributed by atoms with E-state index in [1.54, 1.807) is 12.1 Å². The van der Waals surface area contributed by atoms with Crippen molar-refractivity contribution in [1.82, 2.24) is 4.98 Å². The largest absolute Gasteiger partial charge is 0.394 e. The minimum atomic E-state index is -1.16. The molecule has 5 N–H and O–H groups in total. The molecule has 4 atom stereocenters. The normalized spacial score (nSPS) is 28.7. The van der Waals surface area contributed by atoms with Crippen molar-refractivity contribution in [1.29, 1.82) is 0 Å². The monoisotopic (exact) mass is 306 g/mol. The predicted octanol–water partition coefficient (Wildman–Crippen LogP) is -0.579. The van der Waals surface area contributed by atoms with Crippen LogP contribution in [-0.4, -0.2) is 57.9 Å². The number of pyridine rings is 1. The summed E-state index contributed by atoms with van der Waals surface area (Å²) in [5.74, 6) is 0. The van der Waals surface area contributed by atoms with Crippen LogP contribution in [0, 0.1) is 0 Å². The Hall–Kier alpha value is -1.93. The van der Waals surface area contributed by atoms with Gasteiger partial charge in [0.2, 0.25) is 5.56 Å². The number of anilines is 1. The van der Waals surface area contributed by atoms with E-state index in [0.717, 1.165) is 5.39 Å². The Kier molecular flexibility index (Phi) is 4.12. The number of nitrogens with one attached hydrogen (secondary N) is 2. The molecule has 1 aliphatic heterocycles. The van der Waals surface area contributed by atoms with E-state index in [0.29, 0.717) is 11.2 Å². The molecule has 118 valence electrons. The van der Waals surface area contributed by atoms with Gasteiger partial charge in [-0.3, -0.25) is 4.79 Å². The number of hydrogen-bond donors (Lipinski definition) is 5. The average Bonchev–Trinajstić information content (AvgIpc) is 2.52. The first kappa shape index (κ1) is 15.0. The second kappa shape index (κ2) is 6.05. The van der Waals surface area contributed by atoms with Crippen molar-refractivity contribution in [2.45, 2.75) is 24.4 Å². The SMILES string of the molecule is O=c1ccc2ccc(N[C@@H]3COC(CO)[C@@H](O)C3O)cc2[nH]1. The molecular formula is C15H18N2O5. The highest BCUT2D eigenvalue weighted by atomic mass is 16.5. The molecule has 1 aromatic heterocycles. The van der Waals surface area contributed by atoms with Crippen molar-refractivity contribution >= 4 is 16.6 Å². The molecular weight excluding hydrogens is 288 g/mol. The number of aromatic nitrogens is 1. The minimum Gasteiger partial charge on any atom is -0.394 e. The van der Waals surface area contributed by atoms with Crippen LogP contribution < -0.4 is 10.9 Å². The molecule has 7 nitrogen and oxygen atoms in total. The van der Waals surface area contributed by atoms with Crippen LogP contribution in [0.1, 0.15) is 0 Å². The number of aliphatic hydroxyl groups excluding tert-OH is 3. The highest BCUT2D eigenvalue weighted by Crippen LogP contribution is 2.21. The maximum absolute atomic E-state index is 11.4. The van der Waals surface area contributed by atoms with Gasteiger partial charge in [-0.1, -0.05) is 6.07 Å². The fraction of sp³-hybridized carbons (Fsp3) is 0.400. The maximum atomic E-state index is 11.4. The van der Waals surface area contributed by atoms with Crippen LogP contribution in [0.15, 0.2) is 35.1 Å². The summed E-state index contributed by atoms with van der Waals surface area (Å²) in [6.45, 7) is -0.186. The fourth-order valence-electron chi connectivity index (χ4n) is 2.62. The van der Waals surface area contributed by atoms with E-state index in [4.69, 9.17) is 9.84 Å². The van der Waals surface area contributed by atoms with E-state index >= 15 is 0 Å². The first-order chi connectivity index (χ1) is 10.6. The van der Waals surface area contributed by atoms with Crippen LogP contribution in [0.5, 0.6) is 0 Å². The zero-order valence-corrected chi connectivity index (χ0v) is 11.8. The van der Waals surface area contributed by atoms with Gasteiger partial charge in [0.25, 0.3) is 0 Å². The van der Waals surface area contributed by atoms with E-state index in [9.17, 15) is 15.0 Å². The van der Waals surface area contributed by atoms with E-state index < -0.39 is 24.4 Å². The Morgan fingerprint density at radius 2 is 2.00 bits per heavy atom. The highest BCUT2D eigenvalue weighted by molar-refractivity contribution is 5.81. The smallest absolute Gasteiger partial charge is 0.248 e. The van der Waals surface area contributed by atoms with Crippen LogP contribution in [0.2, 0.25) is 0 Å². The number of hydrogen-bond acceptors (Lipinski definition) is 6. The van der Waals surface area contributed by atoms with Gasteiger partial charge in [-0.25, -0.2) is 0 Å². The summed E-state index contributed by atoms with van der Waals surface area (Å²) in [7, 11) is 0. The Bertz CT molecular complexity index is 716. The van der Waals surface area contributed by atoms with Crippen LogP contribution in [0.3, 0.4) is 0 Å². The molecule has 2 heterocycles. The lowest BCUT2D eigenvalue weighted by Crippen LogP contribution is -2.56. The number of aliphatic hydroxyl groups is 3. The summed E-state index contributed by atoms with van der Waals surface area (Å²) in [6, 6.07) is 8.10. The van der Waals surface area contributed by atoms with Gasteiger partial charge >= 0.3 is 0 Å². The summed E-state index contributed by atoms with van der Waals surface area (Å²) in [6.07, 6.45) is -2.99. The van der Waals surface area contributed by atoms with Crippen molar-refractivity contribution < 1.29 is 20.1 Å². The molecule has 3 rings (SSSR count). The zero-order chi connectivity index (χ0) is 15.7. The second-order valence-corrected chi connectivity index (χ2v) is 5.41. The molecule has 0 amide bonds. The lowest BCUT2D eigenvalue weighted by molar-refractivity contribution is -0.152. The second-order valence-electron chi connectivity index (χ2n) is 5.41. The molecule has 1 aliphatic rings. The molecule has 0 aliphatic carbocycles. The van der Waals surface area contributed by atoms with Gasteiger partial charge in [-0.15, -0.1) is 0 Å². The molecule has 2 unspecified atom stereocenters. The van der Waals surface area contributed by atoms with Gasteiger partial charge in [-0.05, 0) is 23.6 Å². The van der Waals surface area contributed by atoms with Crippen molar-refractivity contribution in [3.05, 3.63) is 40.7 Å². The van der Waals surface area contributed by atoms with E-state index in [1.807, 2.05) is 12.1 Å². The Labute approximate surface area is 126 Å². The summed E-state index contributed by atoms with van der Waals surface area (Å²) < 4.78 is 5.32. The lowest BCUT2D eigenvalue weighted by atomic mass is 9.98. The van der Waals surface area contributed by atoms with Crippen LogP contribution in [0.4, 0.5) is 5.69 Å². The van der Waals surface area contributed by atoms with E-state index in [1.165, 1.54) is 6.07 Å². The van der Waals surface area contributed by atoms with Gasteiger partial charge in [-0.2, -0.15) is 0 Å². The maximum Gasteiger partial charge on any atom is 0.248 e. The lowest BCUT2D eigenvalue weighted by Gasteiger charge is -2.37. The molecule has 2 aromatic rings. The number of aromatic amines is 1. The Morgan fingerprint density at radius 1 is 1.23 bits per heavy atom. The number of H-pyrrole nitrogens is 1. The van der Waals surface area contributed by atoms with E-state index in [-0.39, 0.29) is 18.8 Å². The number of fused-ring (bicyclic) bond motifs is 1. The fourth-order valence-corrected chi connectivity index (χ4v) is 2.62. The molecule has 0 radical (unpaired) electrons. The standard InChI is InChI=1S/C15H18N2O5/c18-6-12-15(21)14(20)11(7-22-12)16-9-3-1-8-2-4-13(19)17-10(8)5-9/h1-5,11-12,14-16,18,20-21H,6-7H2,(H,17,19)/t11-,12?,14?,15-/m1/s1. The van der Waals surface area contributed by atoms with Gasteiger partial charge in [0.1, 0.15) is 18.3 Å². The third-order valence-electron chi connectivity index (χ3n) is 3.89. The first-order valence-electron chi connectivity index (χ1n) is 7.07. The van der Waals surface area contributed by atoms with Gasteiger partial charge in [0, 0.05) is 11.8 Å². The molecule has 0 bridgehead atoms. The van der Waals surface area contributed by atoms with Crippen molar-refractivity contribution in [3.8, 4) is 0 Å². The third kappa shape index (κ3) is 2.84. The Balaban J connectivity index is 1.79. The number of ether oxygens (including phenoxy) is 1. The van der Waals surface area contributed by atoms with Crippen molar-refractivity contribution in [2.75, 3.05) is 18.5 Å². The van der Waals surface area contributed by atoms with Gasteiger partial charge in [0.05, 0.1) is 24.8 Å². The molecule has 0 spiro atoms. The predicted molar refractivity (Wildman–Crippen MR) is 80.8 cm³/mol. The van der Waals surface area contributed by atoms with E-state index in [2.05, 4.69) is 10.3 Å². The number of rotatable bonds is 3. The summed E-state index contributed by atoms with van der Waals surface area (Å²) in [4.78, 5) is 14.1. The average molecular weight is 306 g/mol. The molecule has 1 fully saturated rings. The molecule has 7 heteroatoms. The summed E-state index contributed by atoms with van der Waals surface area (Å²) in [5.41, 5.74) is 1.18. The Morgan fingerprint density at radius 3 is 2.77 bits per heavy atom. The topological polar surface area (TPSA) is 115 Å². The summed E-state index contributed by atoms with van der Waals surface area (Å²) >= 11 is 0. The molecule has 1 aromatic carbocycles. The zero-order valence-electron chi connectivity index (χ0n) is 11.8. The van der Waals surface area contributed by atoms with Crippen molar-refractivity contribution in [2.24, 2.45) is 0 Å². The molecule has 1 saturated heterocycles. The minimum absolute atomic E-state index is 0.160. The van der Waals surface area contributed by atoms with Crippen LogP contribution in [0.25, 0.3) is 10.9 Å². The van der Waals surface area contributed by atoms with Gasteiger partial charge in [0.15, 0.2) is 0 Å². The first-order valence-corrected chi connectivity index (χ1v) is 7.07. The number of benzene rings is 1. The van der Waals surface area contributed by atoms with Crippen LogP contribution >= 0.6 is 0 Å². The van der Waals surface area contributed by atoms with Crippen LogP contribution in [-0.2, 0) is 4.74 Å². The third-order valence-corrected chi connectivity index (χ3v) is 3.89. The molecule has 22 heavy (non-hydrogen) atoms. The highest BCUT2D eigenvalue weighted by Gasteiger charge is 2.37. The molecule has 0 saturated carbocycles. The quantitative estimate of drug-likeness (QED) is 0.518. The van der Waals surface area contributed by atoms with Crippen molar-refractivity contribution in [3.63, 3.8) is 0 Å².